The van der Waals surface area contributed by atoms with Gasteiger partial charge in [-0.25, -0.2) is 24.9 Å². The minimum Gasteiger partial charge on any atom is -0.493 e. The van der Waals surface area contributed by atoms with E-state index in [0.29, 0.717) is 35.9 Å². The number of aromatic nitrogens is 6. The van der Waals surface area contributed by atoms with Gasteiger partial charge >= 0.3 is 6.18 Å². The van der Waals surface area contributed by atoms with Crippen LogP contribution in [0.2, 0.25) is 0 Å². The largest absolute Gasteiger partial charge is 0.493 e. The Balaban J connectivity index is 1.27. The third-order valence-corrected chi connectivity index (χ3v) is 6.82. The maximum atomic E-state index is 13.0. The Hall–Kier alpha value is -4.06. The highest BCUT2D eigenvalue weighted by molar-refractivity contribution is 5.68. The van der Waals surface area contributed by atoms with Crippen LogP contribution in [0.3, 0.4) is 0 Å². The van der Waals surface area contributed by atoms with Gasteiger partial charge in [-0.1, -0.05) is 24.3 Å². The smallest absolute Gasteiger partial charge is 0.434 e. The van der Waals surface area contributed by atoms with Crippen molar-refractivity contribution in [1.82, 2.24) is 34.8 Å². The summed E-state index contributed by atoms with van der Waals surface area (Å²) < 4.78 is 40.5. The van der Waals surface area contributed by atoms with Crippen molar-refractivity contribution in [3.8, 4) is 28.7 Å². The van der Waals surface area contributed by atoms with E-state index in [2.05, 4.69) is 25.6 Å². The summed E-state index contributed by atoms with van der Waals surface area (Å²) in [6, 6.07) is 7.21. The number of benzene rings is 1. The zero-order valence-corrected chi connectivity index (χ0v) is 20.5. The predicted octanol–water partition coefficient (Wildman–Crippen LogP) is 4.19. The Kier molecular flexibility index (Phi) is 5.98. The number of hydrogen-bond acceptors (Lipinski definition) is 8. The number of fused-ring (bicyclic) bond motifs is 1. The van der Waals surface area contributed by atoms with Crippen molar-refractivity contribution in [2.45, 2.75) is 44.4 Å². The molecule has 0 saturated heterocycles. The van der Waals surface area contributed by atoms with Crippen molar-refractivity contribution < 1.29 is 18.3 Å². The van der Waals surface area contributed by atoms with Gasteiger partial charge < -0.3 is 20.3 Å². The Bertz CT molecular complexity index is 1500. The van der Waals surface area contributed by atoms with E-state index < -0.39 is 11.9 Å². The third kappa shape index (κ3) is 4.67. The molecule has 0 atom stereocenters. The number of hydrogen-bond donors (Lipinski definition) is 3. The third-order valence-electron chi connectivity index (χ3n) is 6.82. The van der Waals surface area contributed by atoms with E-state index in [1.165, 1.54) is 10.9 Å². The fraction of sp³-hybridized carbons (Fsp3) is 0.346. The van der Waals surface area contributed by atoms with Crippen LogP contribution in [0.1, 0.15) is 47.0 Å². The number of nitrogens with one attached hydrogen (secondary N) is 2. The van der Waals surface area contributed by atoms with E-state index in [1.54, 1.807) is 19.2 Å². The number of halogens is 3. The van der Waals surface area contributed by atoms with Crippen LogP contribution >= 0.6 is 0 Å². The summed E-state index contributed by atoms with van der Waals surface area (Å²) >= 11 is 0. The van der Waals surface area contributed by atoms with Crippen LogP contribution in [0.25, 0.3) is 22.8 Å². The number of aromatic hydroxyl groups is 1. The fourth-order valence-corrected chi connectivity index (χ4v) is 4.72. The summed E-state index contributed by atoms with van der Waals surface area (Å²) in [5.41, 5.74) is 3.72. The van der Waals surface area contributed by atoms with Crippen molar-refractivity contribution in [2.75, 3.05) is 11.9 Å². The highest BCUT2D eigenvalue weighted by Gasteiger charge is 2.35. The van der Waals surface area contributed by atoms with Gasteiger partial charge in [0.15, 0.2) is 11.5 Å². The molecule has 3 N–H and O–H groups in total. The second-order valence-electron chi connectivity index (χ2n) is 9.59. The number of anilines is 1. The molecule has 0 bridgehead atoms. The number of imidazole rings is 1. The Morgan fingerprint density at radius 3 is 2.61 bits per heavy atom. The number of rotatable bonds is 6. The Morgan fingerprint density at radius 1 is 1.11 bits per heavy atom. The molecule has 1 aromatic carbocycles. The standard InChI is InChI=1S/C26H25F3N8O/c1-37-12-19(26(27,28)29)35-24(37)16-4-2-14(3-5-16)10-31-22-17-8-9-30-11-18(17)34-23(36-22)20-21(15-6-7-15)32-13-33-25(20)38/h2-5,12-13,15,30H,6-11H2,1H3,(H,31,34,36)(H,32,33,38). The summed E-state index contributed by atoms with van der Waals surface area (Å²) in [6.45, 7) is 1.83. The first-order valence-electron chi connectivity index (χ1n) is 12.4. The molecule has 12 heteroatoms. The monoisotopic (exact) mass is 522 g/mol. The predicted molar refractivity (Wildman–Crippen MR) is 133 cm³/mol. The van der Waals surface area contributed by atoms with E-state index in [1.807, 2.05) is 12.1 Å². The van der Waals surface area contributed by atoms with E-state index in [-0.39, 0.29) is 17.6 Å². The lowest BCUT2D eigenvalue weighted by Gasteiger charge is -2.21. The normalized spacial score (nSPS) is 15.4. The van der Waals surface area contributed by atoms with Gasteiger partial charge in [-0.3, -0.25) is 0 Å². The van der Waals surface area contributed by atoms with E-state index >= 15 is 0 Å². The first kappa shape index (κ1) is 24.3. The molecule has 0 spiro atoms. The lowest BCUT2D eigenvalue weighted by molar-refractivity contribution is -0.140. The molecule has 2 aliphatic rings. The lowest BCUT2D eigenvalue weighted by atomic mass is 10.0. The van der Waals surface area contributed by atoms with Gasteiger partial charge in [-0.05, 0) is 31.4 Å². The summed E-state index contributed by atoms with van der Waals surface area (Å²) in [6.07, 6.45) is 0.626. The number of nitrogens with zero attached hydrogens (tertiary/aromatic N) is 6. The van der Waals surface area contributed by atoms with Crippen LogP contribution in [0.15, 0.2) is 36.8 Å². The van der Waals surface area contributed by atoms with Gasteiger partial charge in [0.05, 0.1) is 11.4 Å². The van der Waals surface area contributed by atoms with Crippen LogP contribution in [0.5, 0.6) is 5.88 Å². The quantitative estimate of drug-likeness (QED) is 0.346. The number of aryl methyl sites for hydroxylation is 1. The molecule has 4 aromatic rings. The van der Waals surface area contributed by atoms with Crippen molar-refractivity contribution >= 4 is 5.82 Å². The zero-order chi connectivity index (χ0) is 26.4. The Morgan fingerprint density at radius 2 is 1.89 bits per heavy atom. The van der Waals surface area contributed by atoms with Gasteiger partial charge in [0.25, 0.3) is 0 Å². The molecule has 9 nitrogen and oxygen atoms in total. The van der Waals surface area contributed by atoms with Gasteiger partial charge in [0, 0.05) is 43.4 Å². The van der Waals surface area contributed by atoms with Crippen LogP contribution in [0, 0.1) is 0 Å². The second kappa shape index (κ2) is 9.35. The van der Waals surface area contributed by atoms with Crippen molar-refractivity contribution in [2.24, 2.45) is 7.05 Å². The molecule has 0 unspecified atom stereocenters. The van der Waals surface area contributed by atoms with Gasteiger partial charge in [-0.2, -0.15) is 13.2 Å². The first-order valence-corrected chi connectivity index (χ1v) is 12.4. The molecule has 3 aromatic heterocycles. The maximum absolute atomic E-state index is 13.0. The zero-order valence-electron chi connectivity index (χ0n) is 20.5. The summed E-state index contributed by atoms with van der Waals surface area (Å²) in [5.74, 6) is 1.46. The first-order chi connectivity index (χ1) is 18.3. The van der Waals surface area contributed by atoms with E-state index in [9.17, 15) is 18.3 Å². The van der Waals surface area contributed by atoms with Gasteiger partial charge in [-0.15, -0.1) is 0 Å². The fourth-order valence-electron chi connectivity index (χ4n) is 4.72. The van der Waals surface area contributed by atoms with E-state index in [0.717, 1.165) is 54.5 Å². The lowest BCUT2D eigenvalue weighted by Crippen LogP contribution is -2.26. The van der Waals surface area contributed by atoms with Crippen molar-refractivity contribution in [3.05, 3.63) is 65.0 Å². The molecule has 1 saturated carbocycles. The summed E-state index contributed by atoms with van der Waals surface area (Å²) in [5, 5.41) is 17.3. The highest BCUT2D eigenvalue weighted by atomic mass is 19.4. The maximum Gasteiger partial charge on any atom is 0.434 e. The molecule has 0 amide bonds. The topological polar surface area (TPSA) is 114 Å². The van der Waals surface area contributed by atoms with Crippen LogP contribution in [-0.2, 0) is 32.7 Å². The average Bonchev–Trinajstić information content (AvgIpc) is 3.67. The minimum absolute atomic E-state index is 0.130. The molecule has 38 heavy (non-hydrogen) atoms. The molecular weight excluding hydrogens is 497 g/mol. The molecule has 196 valence electrons. The van der Waals surface area contributed by atoms with Crippen LogP contribution in [0.4, 0.5) is 19.0 Å². The molecule has 1 aliphatic carbocycles. The molecule has 6 rings (SSSR count). The highest BCUT2D eigenvalue weighted by Crippen LogP contribution is 2.45. The second-order valence-corrected chi connectivity index (χ2v) is 9.59. The van der Waals surface area contributed by atoms with Crippen LogP contribution in [-0.4, -0.2) is 41.1 Å². The summed E-state index contributed by atoms with van der Waals surface area (Å²) in [7, 11) is 1.54. The van der Waals surface area contributed by atoms with Gasteiger partial charge in [0.2, 0.25) is 5.88 Å². The van der Waals surface area contributed by atoms with Crippen molar-refractivity contribution in [3.63, 3.8) is 0 Å². The SMILES string of the molecule is Cn1cc(C(F)(F)F)nc1-c1ccc(CNc2nc(-c3c(O)ncnc3C3CC3)nc3c2CCNC3)cc1. The van der Waals surface area contributed by atoms with Crippen molar-refractivity contribution in [1.29, 1.82) is 0 Å². The van der Waals surface area contributed by atoms with Crippen LogP contribution < -0.4 is 10.6 Å². The number of alkyl halides is 3. The van der Waals surface area contributed by atoms with E-state index in [4.69, 9.17) is 9.97 Å². The molecule has 0 radical (unpaired) electrons. The Labute approximate surface area is 216 Å². The summed E-state index contributed by atoms with van der Waals surface area (Å²) in [4.78, 5) is 21.7. The molecular formula is C26H25F3N8O. The minimum atomic E-state index is -4.49. The molecule has 1 aliphatic heterocycles. The van der Waals surface area contributed by atoms with Gasteiger partial charge in [0.1, 0.15) is 23.5 Å². The average molecular weight is 523 g/mol. The molecule has 1 fully saturated rings. The molecule has 4 heterocycles.